The van der Waals surface area contributed by atoms with Crippen LogP contribution in [0, 0.1) is 11.6 Å². The van der Waals surface area contributed by atoms with Crippen LogP contribution in [0.4, 0.5) is 8.78 Å². The zero-order valence-corrected chi connectivity index (χ0v) is 12.0. The van der Waals surface area contributed by atoms with Gasteiger partial charge in [0.05, 0.1) is 6.26 Å². The van der Waals surface area contributed by atoms with E-state index in [-0.39, 0.29) is 6.04 Å². The highest BCUT2D eigenvalue weighted by Gasteiger charge is 2.17. The average molecular weight is 330 g/mol. The van der Waals surface area contributed by atoms with Crippen molar-refractivity contribution in [2.75, 3.05) is 6.54 Å². The summed E-state index contributed by atoms with van der Waals surface area (Å²) in [4.78, 5) is 0. The molecule has 1 atom stereocenters. The van der Waals surface area contributed by atoms with Crippen LogP contribution >= 0.6 is 15.9 Å². The van der Waals surface area contributed by atoms with E-state index in [2.05, 4.69) is 21.2 Å². The predicted molar refractivity (Wildman–Crippen MR) is 72.9 cm³/mol. The molecule has 0 saturated carbocycles. The topological polar surface area (TPSA) is 25.2 Å². The Labute approximate surface area is 118 Å². The van der Waals surface area contributed by atoms with Gasteiger partial charge in [-0.15, -0.1) is 0 Å². The molecule has 19 heavy (non-hydrogen) atoms. The quantitative estimate of drug-likeness (QED) is 0.888. The molecule has 0 radical (unpaired) electrons. The van der Waals surface area contributed by atoms with Crippen molar-refractivity contribution in [1.29, 1.82) is 0 Å². The monoisotopic (exact) mass is 329 g/mol. The number of nitrogens with one attached hydrogen (secondary N) is 1. The minimum Gasteiger partial charge on any atom is -0.457 e. The molecule has 102 valence electrons. The van der Waals surface area contributed by atoms with E-state index in [0.717, 1.165) is 18.2 Å². The van der Waals surface area contributed by atoms with Crippen LogP contribution < -0.4 is 5.32 Å². The van der Waals surface area contributed by atoms with Gasteiger partial charge in [0, 0.05) is 17.7 Å². The molecule has 2 aromatic rings. The van der Waals surface area contributed by atoms with Gasteiger partial charge in [0.15, 0.2) is 4.67 Å². The van der Waals surface area contributed by atoms with Gasteiger partial charge in [-0.3, -0.25) is 0 Å². The molecule has 0 aliphatic carbocycles. The molecule has 1 aromatic carbocycles. The molecule has 0 aliphatic rings. The lowest BCUT2D eigenvalue weighted by molar-refractivity contribution is 0.504. The fourth-order valence-electron chi connectivity index (χ4n) is 2.06. The molecule has 0 spiro atoms. The van der Waals surface area contributed by atoms with Crippen molar-refractivity contribution in [2.24, 2.45) is 0 Å². The number of rotatable bonds is 5. The van der Waals surface area contributed by atoms with Gasteiger partial charge in [-0.05, 0) is 52.7 Å². The van der Waals surface area contributed by atoms with Crippen LogP contribution in [0.25, 0.3) is 0 Å². The number of hydrogen-bond donors (Lipinski definition) is 1. The molecule has 2 rings (SSSR count). The van der Waals surface area contributed by atoms with Gasteiger partial charge in [0.25, 0.3) is 0 Å². The number of likely N-dealkylation sites (N-methyl/N-ethyl adjacent to an activating group) is 1. The molecule has 0 fully saturated rings. The lowest BCUT2D eigenvalue weighted by atomic mass is 10.0. The summed E-state index contributed by atoms with van der Waals surface area (Å²) in [6, 6.07) is 5.36. The Morgan fingerprint density at radius 1 is 1.26 bits per heavy atom. The van der Waals surface area contributed by atoms with Crippen molar-refractivity contribution in [1.82, 2.24) is 5.32 Å². The van der Waals surface area contributed by atoms with E-state index in [1.54, 1.807) is 6.26 Å². The molecule has 0 bridgehead atoms. The third kappa shape index (κ3) is 3.64. The minimum absolute atomic E-state index is 0.0562. The van der Waals surface area contributed by atoms with Crippen molar-refractivity contribution < 1.29 is 13.2 Å². The second kappa shape index (κ2) is 6.30. The Kier molecular flexibility index (Phi) is 4.71. The van der Waals surface area contributed by atoms with E-state index in [1.165, 1.54) is 12.1 Å². The third-order valence-electron chi connectivity index (χ3n) is 2.83. The second-order valence-electron chi connectivity index (χ2n) is 4.24. The molecule has 1 unspecified atom stereocenters. The summed E-state index contributed by atoms with van der Waals surface area (Å²) in [6.07, 6.45) is 2.07. The summed E-state index contributed by atoms with van der Waals surface area (Å²) in [5, 5.41) is 3.28. The van der Waals surface area contributed by atoms with Crippen LogP contribution in [-0.4, -0.2) is 6.54 Å². The SMILES string of the molecule is CCNC(Cc1cc(F)cc(F)c1)c1ccoc1Br. The molecular formula is C14H14BrF2NO. The summed E-state index contributed by atoms with van der Waals surface area (Å²) in [7, 11) is 0. The van der Waals surface area contributed by atoms with Crippen molar-refractivity contribution >= 4 is 15.9 Å². The fraction of sp³-hybridized carbons (Fsp3) is 0.286. The van der Waals surface area contributed by atoms with Gasteiger partial charge < -0.3 is 9.73 Å². The van der Waals surface area contributed by atoms with Crippen LogP contribution in [0.1, 0.15) is 24.1 Å². The summed E-state index contributed by atoms with van der Waals surface area (Å²) in [5.74, 6) is -1.12. The summed E-state index contributed by atoms with van der Waals surface area (Å²) in [6.45, 7) is 2.73. The van der Waals surface area contributed by atoms with E-state index in [9.17, 15) is 8.78 Å². The van der Waals surface area contributed by atoms with E-state index >= 15 is 0 Å². The highest BCUT2D eigenvalue weighted by atomic mass is 79.9. The zero-order valence-electron chi connectivity index (χ0n) is 10.4. The predicted octanol–water partition coefficient (Wildman–Crippen LogP) is 4.21. The summed E-state index contributed by atoms with van der Waals surface area (Å²) < 4.78 is 32.2. The van der Waals surface area contributed by atoms with Crippen LogP contribution in [0.15, 0.2) is 39.6 Å². The molecule has 5 heteroatoms. The number of benzene rings is 1. The third-order valence-corrected chi connectivity index (χ3v) is 3.48. The molecule has 2 nitrogen and oxygen atoms in total. The number of hydrogen-bond acceptors (Lipinski definition) is 2. The maximum Gasteiger partial charge on any atom is 0.173 e. The van der Waals surface area contributed by atoms with E-state index in [1.807, 2.05) is 13.0 Å². The van der Waals surface area contributed by atoms with Crippen molar-refractivity contribution in [3.8, 4) is 0 Å². The smallest absolute Gasteiger partial charge is 0.173 e. The maximum absolute atomic E-state index is 13.2. The van der Waals surface area contributed by atoms with Crippen LogP contribution in [-0.2, 0) is 6.42 Å². The summed E-state index contributed by atoms with van der Waals surface area (Å²) >= 11 is 3.32. The number of halogens is 3. The van der Waals surface area contributed by atoms with Crippen molar-refractivity contribution in [3.05, 3.63) is 58.0 Å². The Morgan fingerprint density at radius 3 is 2.47 bits per heavy atom. The first-order valence-corrected chi connectivity index (χ1v) is 6.80. The Hall–Kier alpha value is -1.20. The number of furan rings is 1. The largest absolute Gasteiger partial charge is 0.457 e. The summed E-state index contributed by atoms with van der Waals surface area (Å²) in [5.41, 5.74) is 1.54. The Bertz CT molecular complexity index is 536. The second-order valence-corrected chi connectivity index (χ2v) is 4.96. The van der Waals surface area contributed by atoms with Gasteiger partial charge in [-0.2, -0.15) is 0 Å². The van der Waals surface area contributed by atoms with Crippen molar-refractivity contribution in [3.63, 3.8) is 0 Å². The zero-order chi connectivity index (χ0) is 13.8. The Balaban J connectivity index is 2.23. The maximum atomic E-state index is 13.2. The fourth-order valence-corrected chi connectivity index (χ4v) is 2.57. The van der Waals surface area contributed by atoms with Gasteiger partial charge in [-0.25, -0.2) is 8.78 Å². The highest BCUT2D eigenvalue weighted by Crippen LogP contribution is 2.27. The minimum atomic E-state index is -0.559. The van der Waals surface area contributed by atoms with Gasteiger partial charge in [0.2, 0.25) is 0 Å². The Morgan fingerprint density at radius 2 is 1.95 bits per heavy atom. The normalized spacial score (nSPS) is 12.6. The van der Waals surface area contributed by atoms with E-state index < -0.39 is 11.6 Å². The lowest BCUT2D eigenvalue weighted by Gasteiger charge is -2.17. The van der Waals surface area contributed by atoms with Crippen LogP contribution in [0.5, 0.6) is 0 Å². The van der Waals surface area contributed by atoms with E-state index in [4.69, 9.17) is 4.42 Å². The van der Waals surface area contributed by atoms with Gasteiger partial charge in [0.1, 0.15) is 11.6 Å². The average Bonchev–Trinajstić information content (AvgIpc) is 2.73. The van der Waals surface area contributed by atoms with Gasteiger partial charge in [-0.1, -0.05) is 6.92 Å². The molecule has 1 aromatic heterocycles. The lowest BCUT2D eigenvalue weighted by Crippen LogP contribution is -2.23. The standard InChI is InChI=1S/C14H14BrF2NO/c1-2-18-13(12-3-4-19-14(12)15)7-9-5-10(16)8-11(17)6-9/h3-6,8,13,18H,2,7H2,1H3. The molecule has 0 saturated heterocycles. The van der Waals surface area contributed by atoms with E-state index in [0.29, 0.717) is 16.7 Å². The molecule has 1 N–H and O–H groups in total. The van der Waals surface area contributed by atoms with Crippen molar-refractivity contribution in [2.45, 2.75) is 19.4 Å². The highest BCUT2D eigenvalue weighted by molar-refractivity contribution is 9.10. The van der Waals surface area contributed by atoms with Crippen LogP contribution in [0.2, 0.25) is 0 Å². The first-order chi connectivity index (χ1) is 9.10. The first kappa shape index (κ1) is 14.2. The molecular weight excluding hydrogens is 316 g/mol. The first-order valence-electron chi connectivity index (χ1n) is 6.01. The molecule has 0 aliphatic heterocycles. The molecule has 0 amide bonds. The molecule has 1 heterocycles. The van der Waals surface area contributed by atoms with Crippen LogP contribution in [0.3, 0.4) is 0 Å². The van der Waals surface area contributed by atoms with Gasteiger partial charge >= 0.3 is 0 Å².